The Kier molecular flexibility index (Phi) is 5.85. The van der Waals surface area contributed by atoms with E-state index < -0.39 is 0 Å². The minimum atomic E-state index is -0.229. The summed E-state index contributed by atoms with van der Waals surface area (Å²) < 4.78 is 8.04. The predicted molar refractivity (Wildman–Crippen MR) is 123 cm³/mol. The highest BCUT2D eigenvalue weighted by Gasteiger charge is 2.28. The first kappa shape index (κ1) is 20.8. The number of urea groups is 1. The van der Waals surface area contributed by atoms with Crippen molar-refractivity contribution in [3.05, 3.63) is 48.0 Å². The number of aromatic nitrogens is 1. The Morgan fingerprint density at radius 3 is 2.55 bits per heavy atom. The van der Waals surface area contributed by atoms with E-state index in [4.69, 9.17) is 4.74 Å². The zero-order chi connectivity index (χ0) is 22.0. The normalized spacial score (nSPS) is 13.6. The van der Waals surface area contributed by atoms with Crippen molar-refractivity contribution < 1.29 is 9.53 Å². The molecule has 1 aliphatic carbocycles. The number of amides is 2. The highest BCUT2D eigenvalue weighted by atomic mass is 16.5. The first-order chi connectivity index (χ1) is 15.0. The van der Waals surface area contributed by atoms with Crippen LogP contribution in [0.3, 0.4) is 0 Å². The second-order valence-electron chi connectivity index (χ2n) is 8.23. The number of hydrogen-bond acceptors (Lipinski definition) is 3. The molecule has 2 aromatic carbocycles. The number of nitriles is 1. The van der Waals surface area contributed by atoms with Gasteiger partial charge in [-0.25, -0.2) is 4.79 Å². The molecule has 6 heteroatoms. The fourth-order valence-electron chi connectivity index (χ4n) is 4.11. The zero-order valence-electron chi connectivity index (χ0n) is 18.2. The Morgan fingerprint density at radius 1 is 1.23 bits per heavy atom. The summed E-state index contributed by atoms with van der Waals surface area (Å²) in [6.45, 7) is 6.41. The maximum Gasteiger partial charge on any atom is 0.319 e. The van der Waals surface area contributed by atoms with Gasteiger partial charge in [0.25, 0.3) is 0 Å². The number of benzene rings is 2. The summed E-state index contributed by atoms with van der Waals surface area (Å²) >= 11 is 0. The molecular formula is C25H28N4O2. The number of hydrogen-bond donors (Lipinski definition) is 2. The van der Waals surface area contributed by atoms with Crippen molar-refractivity contribution in [1.29, 1.82) is 5.26 Å². The lowest BCUT2D eigenvalue weighted by Gasteiger charge is -2.30. The van der Waals surface area contributed by atoms with Gasteiger partial charge in [0.15, 0.2) is 0 Å². The average molecular weight is 417 g/mol. The van der Waals surface area contributed by atoms with Crippen LogP contribution in [0.25, 0.3) is 22.2 Å². The molecule has 0 radical (unpaired) electrons. The van der Waals surface area contributed by atoms with Crippen LogP contribution in [0.4, 0.5) is 10.5 Å². The zero-order valence-corrected chi connectivity index (χ0v) is 18.2. The molecule has 2 amide bonds. The maximum absolute atomic E-state index is 12.0. The molecule has 0 unspecified atom stereocenters. The Bertz CT molecular complexity index is 1140. The number of nitrogens with one attached hydrogen (secondary N) is 2. The molecule has 0 atom stereocenters. The lowest BCUT2D eigenvalue weighted by molar-refractivity contribution is 0.250. The summed E-state index contributed by atoms with van der Waals surface area (Å²) in [7, 11) is 0. The number of ether oxygens (including phenoxy) is 1. The SMILES string of the molecule is CCOc1ccc2c(C#N)c(-c3ccc(NC(=O)NC(C)C)cc3)n(C3CCC3)c2c1. The number of carbonyl (C=O) groups is 1. The van der Waals surface area contributed by atoms with Crippen LogP contribution < -0.4 is 15.4 Å². The van der Waals surface area contributed by atoms with Crippen LogP contribution in [0.2, 0.25) is 0 Å². The fourth-order valence-corrected chi connectivity index (χ4v) is 4.11. The minimum absolute atomic E-state index is 0.0669. The molecular weight excluding hydrogens is 388 g/mol. The van der Waals surface area contributed by atoms with Gasteiger partial charge in [-0.2, -0.15) is 5.26 Å². The van der Waals surface area contributed by atoms with E-state index in [0.717, 1.165) is 40.8 Å². The van der Waals surface area contributed by atoms with Crippen molar-refractivity contribution in [2.75, 3.05) is 11.9 Å². The van der Waals surface area contributed by atoms with E-state index >= 15 is 0 Å². The van der Waals surface area contributed by atoms with Crippen LogP contribution in [0.5, 0.6) is 5.75 Å². The molecule has 1 fully saturated rings. The minimum Gasteiger partial charge on any atom is -0.494 e. The van der Waals surface area contributed by atoms with Crippen LogP contribution in [0, 0.1) is 11.3 Å². The van der Waals surface area contributed by atoms with Crippen LogP contribution in [-0.4, -0.2) is 23.2 Å². The highest BCUT2D eigenvalue weighted by Crippen LogP contribution is 2.43. The Morgan fingerprint density at radius 2 is 1.97 bits per heavy atom. The van der Waals surface area contributed by atoms with Gasteiger partial charge < -0.3 is 19.9 Å². The van der Waals surface area contributed by atoms with Crippen molar-refractivity contribution in [3.63, 3.8) is 0 Å². The topological polar surface area (TPSA) is 79.1 Å². The quantitative estimate of drug-likeness (QED) is 0.530. The van der Waals surface area contributed by atoms with Crippen LogP contribution in [-0.2, 0) is 0 Å². The third kappa shape index (κ3) is 4.09. The maximum atomic E-state index is 12.0. The highest BCUT2D eigenvalue weighted by molar-refractivity contribution is 5.96. The van der Waals surface area contributed by atoms with Gasteiger partial charge in [-0.3, -0.25) is 0 Å². The molecule has 4 rings (SSSR count). The standard InChI is InChI=1S/C25H28N4O2/c1-4-31-20-12-13-21-22(15-26)24(29(23(21)14-20)19-6-5-7-19)17-8-10-18(11-9-17)28-25(30)27-16(2)3/h8-14,16,19H,4-7H2,1-3H3,(H2,27,28,30). The van der Waals surface area contributed by atoms with Crippen molar-refractivity contribution in [2.45, 2.75) is 52.1 Å². The predicted octanol–water partition coefficient (Wildman–Crippen LogP) is 5.83. The molecule has 160 valence electrons. The van der Waals surface area contributed by atoms with Crippen molar-refractivity contribution in [3.8, 4) is 23.1 Å². The van der Waals surface area contributed by atoms with Gasteiger partial charge in [0.1, 0.15) is 11.8 Å². The van der Waals surface area contributed by atoms with E-state index in [-0.39, 0.29) is 12.1 Å². The molecule has 31 heavy (non-hydrogen) atoms. The fraction of sp³-hybridized carbons (Fsp3) is 0.360. The summed E-state index contributed by atoms with van der Waals surface area (Å²) in [5.74, 6) is 0.819. The molecule has 6 nitrogen and oxygen atoms in total. The van der Waals surface area contributed by atoms with Crippen molar-refractivity contribution in [1.82, 2.24) is 9.88 Å². The van der Waals surface area contributed by atoms with Gasteiger partial charge in [-0.1, -0.05) is 12.1 Å². The Hall–Kier alpha value is -3.46. The first-order valence-corrected chi connectivity index (χ1v) is 10.9. The molecule has 1 aliphatic rings. The van der Waals surface area contributed by atoms with E-state index in [2.05, 4.69) is 21.3 Å². The van der Waals surface area contributed by atoms with E-state index in [1.54, 1.807) is 0 Å². The van der Waals surface area contributed by atoms with E-state index in [1.165, 1.54) is 6.42 Å². The molecule has 0 spiro atoms. The summed E-state index contributed by atoms with van der Waals surface area (Å²) in [5.41, 5.74) is 4.34. The number of fused-ring (bicyclic) bond motifs is 1. The van der Waals surface area contributed by atoms with Gasteiger partial charge in [0, 0.05) is 29.2 Å². The molecule has 2 N–H and O–H groups in total. The van der Waals surface area contributed by atoms with E-state index in [9.17, 15) is 10.1 Å². The second kappa shape index (κ2) is 8.73. The monoisotopic (exact) mass is 416 g/mol. The molecule has 1 aromatic heterocycles. The Balaban J connectivity index is 1.77. The van der Waals surface area contributed by atoms with E-state index in [0.29, 0.717) is 23.9 Å². The van der Waals surface area contributed by atoms with E-state index in [1.807, 2.05) is 63.2 Å². The lowest BCUT2D eigenvalue weighted by Crippen LogP contribution is -2.34. The van der Waals surface area contributed by atoms with Gasteiger partial charge in [0.2, 0.25) is 0 Å². The van der Waals surface area contributed by atoms with Crippen LogP contribution in [0.15, 0.2) is 42.5 Å². The number of carbonyl (C=O) groups excluding carboxylic acids is 1. The average Bonchev–Trinajstić information content (AvgIpc) is 3.00. The van der Waals surface area contributed by atoms with Gasteiger partial charge >= 0.3 is 6.03 Å². The summed E-state index contributed by atoms with van der Waals surface area (Å²) in [5, 5.41) is 16.7. The molecule has 1 saturated carbocycles. The van der Waals surface area contributed by atoms with Gasteiger partial charge in [0.05, 0.1) is 23.4 Å². The molecule has 0 saturated heterocycles. The third-order valence-electron chi connectivity index (χ3n) is 5.67. The number of anilines is 1. The van der Waals surface area contributed by atoms with Crippen LogP contribution >= 0.6 is 0 Å². The third-order valence-corrected chi connectivity index (χ3v) is 5.67. The smallest absolute Gasteiger partial charge is 0.319 e. The first-order valence-electron chi connectivity index (χ1n) is 10.9. The summed E-state index contributed by atoms with van der Waals surface area (Å²) in [6.07, 6.45) is 3.41. The Labute approximate surface area is 182 Å². The van der Waals surface area contributed by atoms with Crippen molar-refractivity contribution >= 4 is 22.6 Å². The molecule has 0 aliphatic heterocycles. The van der Waals surface area contributed by atoms with Crippen molar-refractivity contribution in [2.24, 2.45) is 0 Å². The van der Waals surface area contributed by atoms with Gasteiger partial charge in [-0.15, -0.1) is 0 Å². The molecule has 3 aromatic rings. The second-order valence-corrected chi connectivity index (χ2v) is 8.23. The molecule has 0 bridgehead atoms. The molecule has 1 heterocycles. The largest absolute Gasteiger partial charge is 0.494 e. The number of rotatable bonds is 6. The summed E-state index contributed by atoms with van der Waals surface area (Å²) in [4.78, 5) is 12.0. The summed E-state index contributed by atoms with van der Waals surface area (Å²) in [6, 6.07) is 16.3. The van der Waals surface area contributed by atoms with Crippen LogP contribution in [0.1, 0.15) is 51.6 Å². The number of nitrogens with zero attached hydrogens (tertiary/aromatic N) is 2. The lowest BCUT2D eigenvalue weighted by atomic mass is 9.92. The van der Waals surface area contributed by atoms with Gasteiger partial charge in [-0.05, 0) is 69.9 Å².